The number of carbonyl (C=O) groups is 1. The largest absolute Gasteiger partial charge is 0.478 e. The molecule has 0 aliphatic heterocycles. The molecule has 0 saturated heterocycles. The van der Waals surface area contributed by atoms with Gasteiger partial charge in [-0.3, -0.25) is 0 Å². The van der Waals surface area contributed by atoms with Gasteiger partial charge in [0.05, 0.1) is 23.8 Å². The van der Waals surface area contributed by atoms with E-state index in [1.165, 1.54) is 0 Å². The quantitative estimate of drug-likeness (QED) is 0.582. The lowest BCUT2D eigenvalue weighted by Gasteiger charge is -2.15. The lowest BCUT2D eigenvalue weighted by molar-refractivity contribution is 0.0697. The summed E-state index contributed by atoms with van der Waals surface area (Å²) in [6, 6.07) is 22.7. The van der Waals surface area contributed by atoms with Gasteiger partial charge in [0.25, 0.3) is 0 Å². The maximum absolute atomic E-state index is 11.9. The van der Waals surface area contributed by atoms with Gasteiger partial charge >= 0.3 is 5.97 Å². The fraction of sp³-hybridized carbons (Fsp3) is 0.167. The van der Waals surface area contributed by atoms with Gasteiger partial charge in [0.2, 0.25) is 0 Å². The molecule has 4 heteroatoms. The third kappa shape index (κ3) is 4.28. The minimum atomic E-state index is -0.993. The zero-order chi connectivity index (χ0) is 19.9. The maximum Gasteiger partial charge on any atom is 0.336 e. The van der Waals surface area contributed by atoms with Crippen LogP contribution in [-0.4, -0.2) is 24.3 Å². The zero-order valence-corrected chi connectivity index (χ0v) is 15.7. The summed E-state index contributed by atoms with van der Waals surface area (Å²) in [7, 11) is 0. The van der Waals surface area contributed by atoms with E-state index >= 15 is 0 Å². The molecule has 1 N–H and O–H groups in total. The highest BCUT2D eigenvalue weighted by Crippen LogP contribution is 2.35. The minimum Gasteiger partial charge on any atom is -0.478 e. The average Bonchev–Trinajstić information content (AvgIpc) is 2.74. The number of nitriles is 1. The Morgan fingerprint density at radius 3 is 2.46 bits per heavy atom. The van der Waals surface area contributed by atoms with Gasteiger partial charge in [0.1, 0.15) is 0 Å². The van der Waals surface area contributed by atoms with Crippen molar-refractivity contribution in [2.24, 2.45) is 0 Å². The Bertz CT molecular complexity index is 1020. The van der Waals surface area contributed by atoms with Crippen molar-refractivity contribution in [1.29, 1.82) is 5.26 Å². The molecule has 3 aromatic carbocycles. The van der Waals surface area contributed by atoms with Crippen LogP contribution in [-0.2, 0) is 11.2 Å². The van der Waals surface area contributed by atoms with Crippen LogP contribution in [0.15, 0.2) is 66.7 Å². The Hall–Kier alpha value is -3.42. The Labute approximate surface area is 164 Å². The molecule has 0 aliphatic rings. The molecule has 0 atom stereocenters. The SMILES string of the molecule is CCOCCc1ccc(C(=O)O)c(-c2cc(C#N)ccc2-c2ccccc2)c1. The van der Waals surface area contributed by atoms with Crippen LogP contribution in [0.2, 0.25) is 0 Å². The predicted molar refractivity (Wildman–Crippen MR) is 109 cm³/mol. The van der Waals surface area contributed by atoms with Crippen molar-refractivity contribution in [2.75, 3.05) is 13.2 Å². The van der Waals surface area contributed by atoms with Crippen LogP contribution >= 0.6 is 0 Å². The Balaban J connectivity index is 2.19. The number of aromatic carboxylic acids is 1. The fourth-order valence-electron chi connectivity index (χ4n) is 3.20. The van der Waals surface area contributed by atoms with Gasteiger partial charge in [-0.2, -0.15) is 5.26 Å². The summed E-state index contributed by atoms with van der Waals surface area (Å²) in [6.07, 6.45) is 0.694. The number of carboxylic acids is 1. The number of carboxylic acid groups (broad SMARTS) is 1. The molecular formula is C24H21NO3. The normalized spacial score (nSPS) is 10.4. The fourth-order valence-corrected chi connectivity index (χ4v) is 3.20. The first-order valence-corrected chi connectivity index (χ1v) is 9.18. The van der Waals surface area contributed by atoms with E-state index in [0.29, 0.717) is 30.8 Å². The number of benzene rings is 3. The Morgan fingerprint density at radius 1 is 1.00 bits per heavy atom. The third-order valence-electron chi connectivity index (χ3n) is 4.58. The van der Waals surface area contributed by atoms with Crippen LogP contribution in [0, 0.1) is 11.3 Å². The van der Waals surface area contributed by atoms with Gasteiger partial charge in [-0.15, -0.1) is 0 Å². The Morgan fingerprint density at radius 2 is 1.79 bits per heavy atom. The summed E-state index contributed by atoms with van der Waals surface area (Å²) in [5.41, 5.74) is 4.91. The van der Waals surface area contributed by atoms with Crippen LogP contribution in [0.1, 0.15) is 28.4 Å². The van der Waals surface area contributed by atoms with Crippen molar-refractivity contribution < 1.29 is 14.6 Å². The number of nitrogens with zero attached hydrogens (tertiary/aromatic N) is 1. The standard InChI is InChI=1S/C24H21NO3/c1-2-28-13-12-17-8-11-21(24(26)27)23(14-17)22-15-18(16-25)9-10-20(22)19-6-4-3-5-7-19/h3-11,14-15H,2,12-13H2,1H3,(H,26,27). The lowest BCUT2D eigenvalue weighted by Crippen LogP contribution is -2.03. The van der Waals surface area contributed by atoms with E-state index < -0.39 is 5.97 Å². The summed E-state index contributed by atoms with van der Waals surface area (Å²) in [4.78, 5) is 11.9. The molecule has 0 amide bonds. The van der Waals surface area contributed by atoms with E-state index in [1.54, 1.807) is 18.2 Å². The van der Waals surface area contributed by atoms with Crippen LogP contribution < -0.4 is 0 Å². The first-order valence-electron chi connectivity index (χ1n) is 9.18. The molecule has 0 bridgehead atoms. The highest BCUT2D eigenvalue weighted by molar-refractivity contribution is 5.99. The van der Waals surface area contributed by atoms with Crippen LogP contribution in [0.5, 0.6) is 0 Å². The van der Waals surface area contributed by atoms with E-state index in [9.17, 15) is 15.2 Å². The number of hydrogen-bond donors (Lipinski definition) is 1. The second-order valence-corrected chi connectivity index (χ2v) is 6.37. The minimum absolute atomic E-state index is 0.215. The van der Waals surface area contributed by atoms with Crippen LogP contribution in [0.25, 0.3) is 22.3 Å². The van der Waals surface area contributed by atoms with Gasteiger partial charge in [0.15, 0.2) is 0 Å². The second-order valence-electron chi connectivity index (χ2n) is 6.37. The van der Waals surface area contributed by atoms with Gasteiger partial charge in [-0.25, -0.2) is 4.79 Å². The number of ether oxygens (including phenoxy) is 1. The van der Waals surface area contributed by atoms with Crippen molar-refractivity contribution in [1.82, 2.24) is 0 Å². The monoisotopic (exact) mass is 371 g/mol. The molecule has 4 nitrogen and oxygen atoms in total. The molecule has 0 radical (unpaired) electrons. The molecule has 28 heavy (non-hydrogen) atoms. The summed E-state index contributed by atoms with van der Waals surface area (Å²) in [5.74, 6) is -0.993. The lowest BCUT2D eigenvalue weighted by atomic mass is 9.89. The molecule has 0 aromatic heterocycles. The zero-order valence-electron chi connectivity index (χ0n) is 15.7. The first kappa shape index (κ1) is 19.3. The number of hydrogen-bond acceptors (Lipinski definition) is 3. The topological polar surface area (TPSA) is 70.3 Å². The molecule has 140 valence electrons. The maximum atomic E-state index is 11.9. The van der Waals surface area contributed by atoms with E-state index in [-0.39, 0.29) is 5.56 Å². The molecule has 0 unspecified atom stereocenters. The summed E-state index contributed by atoms with van der Waals surface area (Å²) in [6.45, 7) is 3.16. The van der Waals surface area contributed by atoms with Gasteiger partial charge in [-0.1, -0.05) is 48.5 Å². The van der Waals surface area contributed by atoms with Crippen LogP contribution in [0.3, 0.4) is 0 Å². The van der Waals surface area contributed by atoms with Gasteiger partial charge < -0.3 is 9.84 Å². The van der Waals surface area contributed by atoms with Crippen molar-refractivity contribution in [3.05, 3.63) is 83.4 Å². The van der Waals surface area contributed by atoms with Crippen molar-refractivity contribution in [3.63, 3.8) is 0 Å². The van der Waals surface area contributed by atoms with Crippen LogP contribution in [0.4, 0.5) is 0 Å². The van der Waals surface area contributed by atoms with Gasteiger partial charge in [-0.05, 0) is 59.4 Å². The summed E-state index contributed by atoms with van der Waals surface area (Å²) < 4.78 is 5.43. The van der Waals surface area contributed by atoms with E-state index in [4.69, 9.17) is 4.74 Å². The molecule has 0 fully saturated rings. The van der Waals surface area contributed by atoms with E-state index in [2.05, 4.69) is 6.07 Å². The molecule has 0 heterocycles. The summed E-state index contributed by atoms with van der Waals surface area (Å²) >= 11 is 0. The molecule has 0 saturated carbocycles. The van der Waals surface area contributed by atoms with Crippen molar-refractivity contribution >= 4 is 5.97 Å². The highest BCUT2D eigenvalue weighted by atomic mass is 16.5. The second kappa shape index (κ2) is 8.98. The summed E-state index contributed by atoms with van der Waals surface area (Å²) in [5, 5.41) is 19.1. The third-order valence-corrected chi connectivity index (χ3v) is 4.58. The first-order chi connectivity index (χ1) is 13.6. The molecule has 0 spiro atoms. The highest BCUT2D eigenvalue weighted by Gasteiger charge is 2.17. The molecule has 3 rings (SSSR count). The number of rotatable bonds is 7. The molecular weight excluding hydrogens is 350 g/mol. The predicted octanol–water partition coefficient (Wildman–Crippen LogP) is 5.17. The van der Waals surface area contributed by atoms with E-state index in [1.807, 2.05) is 55.5 Å². The molecule has 0 aliphatic carbocycles. The Kier molecular flexibility index (Phi) is 6.21. The van der Waals surface area contributed by atoms with E-state index in [0.717, 1.165) is 22.3 Å². The van der Waals surface area contributed by atoms with Gasteiger partial charge in [0, 0.05) is 6.61 Å². The smallest absolute Gasteiger partial charge is 0.336 e. The molecule has 3 aromatic rings. The van der Waals surface area contributed by atoms with Crippen molar-refractivity contribution in [3.8, 4) is 28.3 Å². The average molecular weight is 371 g/mol. The van der Waals surface area contributed by atoms with Crippen molar-refractivity contribution in [2.45, 2.75) is 13.3 Å².